The molecule has 160 valence electrons. The zero-order valence-corrected chi connectivity index (χ0v) is 18.1. The van der Waals surface area contributed by atoms with Crippen LogP contribution in [0.1, 0.15) is 40.0 Å². The first-order valence-corrected chi connectivity index (χ1v) is 10.5. The van der Waals surface area contributed by atoms with Crippen LogP contribution in [0.4, 0.5) is 0 Å². The lowest BCUT2D eigenvalue weighted by Gasteiger charge is -2.12. The van der Waals surface area contributed by atoms with Crippen LogP contribution in [0, 0.1) is 13.8 Å². The maximum absolute atomic E-state index is 12.0. The van der Waals surface area contributed by atoms with E-state index < -0.39 is 5.97 Å². The van der Waals surface area contributed by atoms with E-state index in [4.69, 9.17) is 15.5 Å². The summed E-state index contributed by atoms with van der Waals surface area (Å²) in [6.07, 6.45) is 2.50. The van der Waals surface area contributed by atoms with E-state index in [2.05, 4.69) is 11.1 Å². The second-order valence-electron chi connectivity index (χ2n) is 7.87. The normalized spacial score (nSPS) is 11.4. The van der Waals surface area contributed by atoms with Gasteiger partial charge >= 0.3 is 5.97 Å². The number of H-pyrrole nitrogens is 1. The van der Waals surface area contributed by atoms with E-state index in [-0.39, 0.29) is 0 Å². The second-order valence-corrected chi connectivity index (χ2v) is 7.87. The second kappa shape index (κ2) is 8.40. The van der Waals surface area contributed by atoms with Gasteiger partial charge in [-0.1, -0.05) is 12.1 Å². The summed E-state index contributed by atoms with van der Waals surface area (Å²) in [5.41, 5.74) is 12.6. The summed E-state index contributed by atoms with van der Waals surface area (Å²) in [4.78, 5) is 20.3. The van der Waals surface area contributed by atoms with E-state index in [0.29, 0.717) is 17.9 Å². The molecule has 6 nitrogen and oxygen atoms in total. The smallest absolute Gasteiger partial charge is 0.336 e. The van der Waals surface area contributed by atoms with Crippen LogP contribution in [0.25, 0.3) is 33.1 Å². The number of benzene rings is 2. The standard InChI is InChI=1S/C25H27N3O3/c1-14-7-9-19(25(29)30)21-18(6-4-5-13-26)23(28-22(14)21)16-11-12-20(31-3)24-17(16)10-8-15(2)27-24/h7-12,28H,4-6,13,26H2,1-3H3,(H,29,30). The van der Waals surface area contributed by atoms with Crippen molar-refractivity contribution in [2.24, 2.45) is 5.73 Å². The van der Waals surface area contributed by atoms with Crippen LogP contribution in [0.2, 0.25) is 0 Å². The van der Waals surface area contributed by atoms with Gasteiger partial charge in [-0.05, 0) is 75.0 Å². The largest absolute Gasteiger partial charge is 0.494 e. The number of nitrogens with two attached hydrogens (primary N) is 1. The molecule has 0 bridgehead atoms. The molecule has 0 spiro atoms. The maximum Gasteiger partial charge on any atom is 0.336 e. The van der Waals surface area contributed by atoms with Crippen molar-refractivity contribution < 1.29 is 14.6 Å². The Morgan fingerprint density at radius 3 is 2.65 bits per heavy atom. The van der Waals surface area contributed by atoms with Gasteiger partial charge in [-0.2, -0.15) is 0 Å². The number of aromatic carboxylic acids is 1. The summed E-state index contributed by atoms with van der Waals surface area (Å²) in [6.45, 7) is 4.56. The van der Waals surface area contributed by atoms with Gasteiger partial charge in [-0.3, -0.25) is 0 Å². The number of carboxylic acids is 1. The molecular weight excluding hydrogens is 390 g/mol. The number of rotatable bonds is 7. The quantitative estimate of drug-likeness (QED) is 0.368. The van der Waals surface area contributed by atoms with Crippen molar-refractivity contribution in [3.63, 3.8) is 0 Å². The van der Waals surface area contributed by atoms with Crippen LogP contribution in [0.3, 0.4) is 0 Å². The molecule has 0 aliphatic heterocycles. The molecule has 2 aromatic carbocycles. The number of nitrogens with zero attached hydrogens (tertiary/aromatic N) is 1. The number of unbranched alkanes of at least 4 members (excludes halogenated alkanes) is 1. The molecule has 4 N–H and O–H groups in total. The average Bonchev–Trinajstić information content (AvgIpc) is 3.13. The Balaban J connectivity index is 2.06. The molecule has 0 fully saturated rings. The van der Waals surface area contributed by atoms with Crippen LogP contribution in [-0.4, -0.2) is 34.7 Å². The van der Waals surface area contributed by atoms with Gasteiger partial charge in [0.05, 0.1) is 18.4 Å². The van der Waals surface area contributed by atoms with E-state index in [9.17, 15) is 9.90 Å². The van der Waals surface area contributed by atoms with Crippen LogP contribution in [0.15, 0.2) is 36.4 Å². The van der Waals surface area contributed by atoms with Crippen LogP contribution < -0.4 is 10.5 Å². The molecule has 0 unspecified atom stereocenters. The molecule has 0 aliphatic carbocycles. The number of carbonyl (C=O) groups is 1. The van der Waals surface area contributed by atoms with Crippen LogP contribution >= 0.6 is 0 Å². The molecule has 0 saturated heterocycles. The molecule has 0 amide bonds. The number of hydrogen-bond acceptors (Lipinski definition) is 4. The lowest BCUT2D eigenvalue weighted by Crippen LogP contribution is -2.01. The van der Waals surface area contributed by atoms with E-state index in [1.54, 1.807) is 13.2 Å². The molecule has 2 heterocycles. The van der Waals surface area contributed by atoms with Crippen molar-refractivity contribution >= 4 is 27.8 Å². The Labute approximate surface area is 181 Å². The van der Waals surface area contributed by atoms with Crippen molar-refractivity contribution in [1.29, 1.82) is 0 Å². The number of methoxy groups -OCH3 is 1. The minimum atomic E-state index is -0.924. The molecule has 2 aromatic heterocycles. The van der Waals surface area contributed by atoms with Crippen molar-refractivity contribution in [2.75, 3.05) is 13.7 Å². The molecule has 0 radical (unpaired) electrons. The number of hydrogen-bond donors (Lipinski definition) is 3. The Morgan fingerprint density at radius 2 is 1.94 bits per heavy atom. The maximum atomic E-state index is 12.0. The van der Waals surface area contributed by atoms with Crippen LogP contribution in [0.5, 0.6) is 5.75 Å². The van der Waals surface area contributed by atoms with Gasteiger partial charge in [0.2, 0.25) is 0 Å². The summed E-state index contributed by atoms with van der Waals surface area (Å²) in [7, 11) is 1.64. The SMILES string of the molecule is COc1ccc(-c2[nH]c3c(C)ccc(C(=O)O)c3c2CCCCN)c2ccc(C)nc12. The zero-order valence-electron chi connectivity index (χ0n) is 18.1. The minimum absolute atomic E-state index is 0.317. The zero-order chi connectivity index (χ0) is 22.1. The monoisotopic (exact) mass is 417 g/mol. The van der Waals surface area contributed by atoms with E-state index >= 15 is 0 Å². The Hall–Kier alpha value is -3.38. The van der Waals surface area contributed by atoms with Crippen molar-refractivity contribution in [1.82, 2.24) is 9.97 Å². The Bertz CT molecular complexity index is 1290. The van der Waals surface area contributed by atoms with Gasteiger partial charge in [0.1, 0.15) is 11.3 Å². The highest BCUT2D eigenvalue weighted by Crippen LogP contribution is 2.39. The fourth-order valence-electron chi connectivity index (χ4n) is 4.28. The Morgan fingerprint density at radius 1 is 1.13 bits per heavy atom. The summed E-state index contributed by atoms with van der Waals surface area (Å²) < 4.78 is 5.55. The number of nitrogens with one attached hydrogen (secondary N) is 1. The molecule has 31 heavy (non-hydrogen) atoms. The molecule has 0 aliphatic rings. The highest BCUT2D eigenvalue weighted by atomic mass is 16.5. The van der Waals surface area contributed by atoms with Crippen molar-refractivity contribution in [2.45, 2.75) is 33.1 Å². The number of aromatic amines is 1. The summed E-state index contributed by atoms with van der Waals surface area (Å²) in [6, 6.07) is 11.5. The molecule has 0 atom stereocenters. The number of fused-ring (bicyclic) bond motifs is 2. The van der Waals surface area contributed by atoms with E-state index in [1.807, 2.05) is 38.1 Å². The highest BCUT2D eigenvalue weighted by Gasteiger charge is 2.22. The summed E-state index contributed by atoms with van der Waals surface area (Å²) >= 11 is 0. The molecule has 6 heteroatoms. The first-order chi connectivity index (χ1) is 15.0. The minimum Gasteiger partial charge on any atom is -0.494 e. The molecule has 4 rings (SSSR count). The predicted molar refractivity (Wildman–Crippen MR) is 124 cm³/mol. The molecule has 0 saturated carbocycles. The third kappa shape index (κ3) is 3.64. The molecular formula is C25H27N3O3. The number of carboxylic acid groups (broad SMARTS) is 1. The number of ether oxygens (including phenoxy) is 1. The van der Waals surface area contributed by atoms with Gasteiger partial charge in [0.25, 0.3) is 0 Å². The van der Waals surface area contributed by atoms with Gasteiger partial charge in [-0.25, -0.2) is 9.78 Å². The first kappa shape index (κ1) is 20.9. The van der Waals surface area contributed by atoms with E-state index in [1.165, 1.54) is 0 Å². The topological polar surface area (TPSA) is 101 Å². The van der Waals surface area contributed by atoms with Gasteiger partial charge in [0, 0.05) is 27.5 Å². The summed E-state index contributed by atoms with van der Waals surface area (Å²) in [5, 5.41) is 11.6. The fraction of sp³-hybridized carbons (Fsp3) is 0.280. The van der Waals surface area contributed by atoms with Crippen LogP contribution in [-0.2, 0) is 6.42 Å². The lowest BCUT2D eigenvalue weighted by atomic mass is 9.95. The van der Waals surface area contributed by atoms with Crippen molar-refractivity contribution in [3.8, 4) is 17.0 Å². The average molecular weight is 418 g/mol. The van der Waals surface area contributed by atoms with Crippen molar-refractivity contribution in [3.05, 3.63) is 58.8 Å². The number of pyridine rings is 1. The highest BCUT2D eigenvalue weighted by molar-refractivity contribution is 6.09. The third-order valence-electron chi connectivity index (χ3n) is 5.83. The number of aryl methyl sites for hydroxylation is 3. The van der Waals surface area contributed by atoms with Gasteiger partial charge < -0.3 is 20.6 Å². The van der Waals surface area contributed by atoms with Gasteiger partial charge in [-0.15, -0.1) is 0 Å². The lowest BCUT2D eigenvalue weighted by molar-refractivity contribution is 0.0699. The predicted octanol–water partition coefficient (Wildman–Crippen LogP) is 4.99. The number of aromatic nitrogens is 2. The van der Waals surface area contributed by atoms with Gasteiger partial charge in [0.15, 0.2) is 0 Å². The molecule has 4 aromatic rings. The first-order valence-electron chi connectivity index (χ1n) is 10.5. The fourth-order valence-corrected chi connectivity index (χ4v) is 4.28. The van der Waals surface area contributed by atoms with E-state index in [0.717, 1.165) is 69.1 Å². The summed E-state index contributed by atoms with van der Waals surface area (Å²) in [5.74, 6) is -0.210. The Kier molecular flexibility index (Phi) is 5.65. The third-order valence-corrected chi connectivity index (χ3v) is 5.83.